The number of carbonyl (C=O) groups is 3. The first kappa shape index (κ1) is 20.7. The number of hydrogen-bond donors (Lipinski definition) is 3. The van der Waals surface area contributed by atoms with E-state index < -0.39 is 18.0 Å². The first-order chi connectivity index (χ1) is 12.9. The smallest absolute Gasteiger partial charge is 0.325 e. The lowest BCUT2D eigenvalue weighted by atomic mass is 9.99. The fraction of sp³-hybridized carbons (Fsp3) is 0.526. The van der Waals surface area contributed by atoms with Crippen molar-refractivity contribution in [2.24, 2.45) is 5.92 Å². The lowest BCUT2D eigenvalue weighted by molar-refractivity contribution is -0.131. The number of rotatable bonds is 9. The molecule has 1 aliphatic heterocycles. The van der Waals surface area contributed by atoms with E-state index in [9.17, 15) is 19.5 Å². The first-order valence-corrected chi connectivity index (χ1v) is 9.04. The molecule has 1 aromatic rings. The summed E-state index contributed by atoms with van der Waals surface area (Å²) in [5.74, 6) is -0.0148. The van der Waals surface area contributed by atoms with E-state index in [1.165, 1.54) is 0 Å². The summed E-state index contributed by atoms with van der Waals surface area (Å²) >= 11 is 0. The lowest BCUT2D eigenvalue weighted by Crippen LogP contribution is -2.44. The summed E-state index contributed by atoms with van der Waals surface area (Å²) in [4.78, 5) is 38.0. The van der Waals surface area contributed by atoms with Crippen LogP contribution in [0.1, 0.15) is 32.3 Å². The van der Waals surface area contributed by atoms with Gasteiger partial charge in [-0.05, 0) is 23.6 Å². The number of aliphatic hydroxyl groups is 1. The summed E-state index contributed by atoms with van der Waals surface area (Å²) in [6.07, 6.45) is 0.650. The minimum absolute atomic E-state index is 0.111. The molecule has 1 fully saturated rings. The molecule has 1 saturated heterocycles. The van der Waals surface area contributed by atoms with Gasteiger partial charge >= 0.3 is 6.03 Å². The van der Waals surface area contributed by atoms with Crippen molar-refractivity contribution in [1.29, 1.82) is 0 Å². The number of nitrogens with one attached hydrogen (secondary N) is 2. The summed E-state index contributed by atoms with van der Waals surface area (Å²) in [5, 5.41) is 14.7. The van der Waals surface area contributed by atoms with Crippen LogP contribution in [-0.4, -0.2) is 53.7 Å². The molecule has 1 heterocycles. The Bertz CT molecular complexity index is 676. The molecular weight excluding hydrogens is 350 g/mol. The number of methoxy groups -OCH3 is 1. The van der Waals surface area contributed by atoms with Crippen molar-refractivity contribution < 1.29 is 24.2 Å². The van der Waals surface area contributed by atoms with Crippen LogP contribution in [0.25, 0.3) is 0 Å². The topological polar surface area (TPSA) is 108 Å². The third-order valence-corrected chi connectivity index (χ3v) is 4.87. The van der Waals surface area contributed by atoms with Crippen molar-refractivity contribution in [2.45, 2.75) is 45.3 Å². The predicted octanol–water partition coefficient (Wildman–Crippen LogP) is 1.03. The van der Waals surface area contributed by atoms with Crippen molar-refractivity contribution in [2.75, 3.05) is 13.7 Å². The van der Waals surface area contributed by atoms with E-state index in [2.05, 4.69) is 10.6 Å². The van der Waals surface area contributed by atoms with E-state index in [4.69, 9.17) is 4.74 Å². The van der Waals surface area contributed by atoms with Crippen molar-refractivity contribution in [3.63, 3.8) is 0 Å². The molecule has 3 N–H and O–H groups in total. The van der Waals surface area contributed by atoms with E-state index in [0.29, 0.717) is 5.75 Å². The molecule has 3 atom stereocenters. The molecule has 1 aliphatic rings. The van der Waals surface area contributed by atoms with Crippen LogP contribution in [0.4, 0.5) is 4.79 Å². The number of aliphatic hydroxyl groups excluding tert-OH is 1. The highest BCUT2D eigenvalue weighted by Crippen LogP contribution is 2.17. The maximum atomic E-state index is 12.5. The average molecular weight is 377 g/mol. The molecule has 2 rings (SSSR count). The zero-order valence-corrected chi connectivity index (χ0v) is 15.9. The summed E-state index contributed by atoms with van der Waals surface area (Å²) in [6, 6.07) is 5.27. The summed E-state index contributed by atoms with van der Waals surface area (Å²) < 4.78 is 5.09. The number of carbonyl (C=O) groups excluding carboxylic acids is 3. The van der Waals surface area contributed by atoms with Crippen molar-refractivity contribution in [3.8, 4) is 5.75 Å². The number of nitrogens with zero attached hydrogens (tertiary/aromatic N) is 1. The van der Waals surface area contributed by atoms with Gasteiger partial charge in [-0.3, -0.25) is 14.5 Å². The van der Waals surface area contributed by atoms with Crippen LogP contribution in [0, 0.1) is 5.92 Å². The summed E-state index contributed by atoms with van der Waals surface area (Å²) in [6.45, 7) is 3.85. The van der Waals surface area contributed by atoms with Gasteiger partial charge in [0.25, 0.3) is 5.91 Å². The van der Waals surface area contributed by atoms with E-state index in [-0.39, 0.29) is 37.4 Å². The third kappa shape index (κ3) is 5.19. The van der Waals surface area contributed by atoms with E-state index >= 15 is 0 Å². The number of amides is 4. The Balaban J connectivity index is 1.95. The van der Waals surface area contributed by atoms with Gasteiger partial charge in [-0.15, -0.1) is 0 Å². The second-order valence-electron chi connectivity index (χ2n) is 6.72. The number of ether oxygens (including phenoxy) is 1. The number of benzene rings is 1. The summed E-state index contributed by atoms with van der Waals surface area (Å²) in [7, 11) is 1.56. The predicted molar refractivity (Wildman–Crippen MR) is 99.0 cm³/mol. The molecule has 0 saturated carbocycles. The molecular formula is C19H27N3O5. The maximum Gasteiger partial charge on any atom is 0.325 e. The van der Waals surface area contributed by atoms with Crippen LogP contribution >= 0.6 is 0 Å². The first-order valence-electron chi connectivity index (χ1n) is 9.04. The van der Waals surface area contributed by atoms with Gasteiger partial charge in [-0.25, -0.2) is 4.79 Å². The minimum Gasteiger partial charge on any atom is -0.497 e. The van der Waals surface area contributed by atoms with Crippen LogP contribution in [0.15, 0.2) is 24.3 Å². The maximum absolute atomic E-state index is 12.5. The van der Waals surface area contributed by atoms with Gasteiger partial charge in [0.2, 0.25) is 5.91 Å². The van der Waals surface area contributed by atoms with Crippen molar-refractivity contribution in [1.82, 2.24) is 15.5 Å². The highest BCUT2D eigenvalue weighted by molar-refractivity contribution is 6.05. The van der Waals surface area contributed by atoms with Gasteiger partial charge in [-0.1, -0.05) is 32.4 Å². The fourth-order valence-electron chi connectivity index (χ4n) is 2.88. The second-order valence-corrected chi connectivity index (χ2v) is 6.72. The Morgan fingerprint density at radius 1 is 1.33 bits per heavy atom. The van der Waals surface area contributed by atoms with Gasteiger partial charge in [0, 0.05) is 0 Å². The SMILES string of the molecule is CC[C@H](C)[C@@H](CO)NC(=O)C[C@@H]1NC(=O)N(Cc2ccc(OC)cc2)C1=O. The van der Waals surface area contributed by atoms with Crippen LogP contribution in [0.2, 0.25) is 0 Å². The Morgan fingerprint density at radius 2 is 2.00 bits per heavy atom. The molecule has 8 nitrogen and oxygen atoms in total. The molecule has 1 aromatic carbocycles. The number of imide groups is 1. The number of urea groups is 1. The molecule has 0 spiro atoms. The van der Waals surface area contributed by atoms with E-state index in [1.807, 2.05) is 13.8 Å². The Labute approximate surface area is 158 Å². The van der Waals surface area contributed by atoms with E-state index in [0.717, 1.165) is 16.9 Å². The molecule has 0 aromatic heterocycles. The van der Waals surface area contributed by atoms with E-state index in [1.54, 1.807) is 31.4 Å². The fourth-order valence-corrected chi connectivity index (χ4v) is 2.88. The monoisotopic (exact) mass is 377 g/mol. The zero-order chi connectivity index (χ0) is 20.0. The third-order valence-electron chi connectivity index (χ3n) is 4.87. The second kappa shape index (κ2) is 9.36. The largest absolute Gasteiger partial charge is 0.497 e. The number of hydrogen-bond acceptors (Lipinski definition) is 5. The average Bonchev–Trinajstić information content (AvgIpc) is 2.93. The zero-order valence-electron chi connectivity index (χ0n) is 15.9. The van der Waals surface area contributed by atoms with Crippen molar-refractivity contribution >= 4 is 17.8 Å². The van der Waals surface area contributed by atoms with Gasteiger partial charge < -0.3 is 20.5 Å². The highest BCUT2D eigenvalue weighted by atomic mass is 16.5. The standard InChI is InChI=1S/C19H27N3O5/c1-4-12(2)16(11-23)20-17(24)9-15-18(25)22(19(26)21-15)10-13-5-7-14(27-3)8-6-13/h5-8,12,15-16,23H,4,9-11H2,1-3H3,(H,20,24)(H,21,26)/t12-,15-,16+/m0/s1. The molecule has 8 heteroatoms. The minimum atomic E-state index is -0.896. The summed E-state index contributed by atoms with van der Waals surface area (Å²) in [5.41, 5.74) is 0.779. The van der Waals surface area contributed by atoms with Gasteiger partial charge in [-0.2, -0.15) is 0 Å². The van der Waals surface area contributed by atoms with Gasteiger partial charge in [0.05, 0.1) is 32.7 Å². The van der Waals surface area contributed by atoms with Gasteiger partial charge in [0.1, 0.15) is 11.8 Å². The lowest BCUT2D eigenvalue weighted by Gasteiger charge is -2.22. The highest BCUT2D eigenvalue weighted by Gasteiger charge is 2.39. The van der Waals surface area contributed by atoms with Crippen LogP contribution in [-0.2, 0) is 16.1 Å². The van der Waals surface area contributed by atoms with Crippen LogP contribution < -0.4 is 15.4 Å². The molecule has 0 unspecified atom stereocenters. The Morgan fingerprint density at radius 3 is 2.56 bits per heavy atom. The molecule has 0 bridgehead atoms. The van der Waals surface area contributed by atoms with Gasteiger partial charge in [0.15, 0.2) is 0 Å². The van der Waals surface area contributed by atoms with Crippen LogP contribution in [0.5, 0.6) is 5.75 Å². The van der Waals surface area contributed by atoms with Crippen molar-refractivity contribution in [3.05, 3.63) is 29.8 Å². The molecule has 4 amide bonds. The molecule has 27 heavy (non-hydrogen) atoms. The Hall–Kier alpha value is -2.61. The quantitative estimate of drug-likeness (QED) is 0.557. The van der Waals surface area contributed by atoms with Crippen LogP contribution in [0.3, 0.4) is 0 Å². The molecule has 148 valence electrons. The molecule has 0 aliphatic carbocycles. The molecule has 0 radical (unpaired) electrons. The normalized spacial score (nSPS) is 18.8. The Kier molecular flexibility index (Phi) is 7.18.